The third-order valence-corrected chi connectivity index (χ3v) is 3.91. The smallest absolute Gasteiger partial charge is 0.423 e. The third-order valence-electron chi connectivity index (χ3n) is 3.91. The number of anilines is 2. The van der Waals surface area contributed by atoms with Gasteiger partial charge in [0.25, 0.3) is 0 Å². The summed E-state index contributed by atoms with van der Waals surface area (Å²) in [6, 6.07) is 13.8. The molecule has 19 heavy (non-hydrogen) atoms. The molecule has 0 atom stereocenters. The van der Waals surface area contributed by atoms with Gasteiger partial charge < -0.3 is 15.4 Å². The van der Waals surface area contributed by atoms with Crippen molar-refractivity contribution in [3.05, 3.63) is 53.6 Å². The molecule has 3 nitrogen and oxygen atoms in total. The number of hydrogen-bond acceptors (Lipinski definition) is 3. The van der Waals surface area contributed by atoms with Gasteiger partial charge in [-0.05, 0) is 17.2 Å². The summed E-state index contributed by atoms with van der Waals surface area (Å²) in [5.74, 6) is 0. The van der Waals surface area contributed by atoms with Crippen molar-refractivity contribution in [2.45, 2.75) is 19.3 Å². The van der Waals surface area contributed by atoms with Crippen LogP contribution in [0.3, 0.4) is 0 Å². The molecule has 1 heterocycles. The molecule has 3 rings (SSSR count). The zero-order valence-corrected chi connectivity index (χ0v) is 11.0. The fraction of sp³-hybridized carbons (Fsp3) is 0.200. The van der Waals surface area contributed by atoms with Gasteiger partial charge in [0, 0.05) is 22.3 Å². The summed E-state index contributed by atoms with van der Waals surface area (Å²) in [7, 11) is -1.47. The van der Waals surface area contributed by atoms with Gasteiger partial charge in [0.2, 0.25) is 0 Å². The fourth-order valence-electron chi connectivity index (χ4n) is 2.86. The monoisotopic (exact) mass is 253 g/mol. The minimum Gasteiger partial charge on any atom is -0.423 e. The highest BCUT2D eigenvalue weighted by molar-refractivity contribution is 6.60. The summed E-state index contributed by atoms with van der Waals surface area (Å²) >= 11 is 0. The first-order valence-corrected chi connectivity index (χ1v) is 6.38. The zero-order valence-electron chi connectivity index (χ0n) is 11.0. The average Bonchev–Trinajstić information content (AvgIpc) is 2.38. The Kier molecular flexibility index (Phi) is 2.66. The van der Waals surface area contributed by atoms with E-state index in [0.29, 0.717) is 5.46 Å². The molecule has 0 spiro atoms. The summed E-state index contributed by atoms with van der Waals surface area (Å²) < 4.78 is 0. The molecule has 0 radical (unpaired) electrons. The van der Waals surface area contributed by atoms with E-state index in [9.17, 15) is 10.0 Å². The molecule has 3 N–H and O–H groups in total. The zero-order chi connectivity index (χ0) is 13.6. The van der Waals surface area contributed by atoms with Crippen LogP contribution in [0.4, 0.5) is 11.4 Å². The Labute approximate surface area is 113 Å². The van der Waals surface area contributed by atoms with Crippen LogP contribution in [-0.4, -0.2) is 17.2 Å². The molecule has 0 bridgehead atoms. The largest absolute Gasteiger partial charge is 0.490 e. The Morgan fingerprint density at radius 2 is 1.63 bits per heavy atom. The Morgan fingerprint density at radius 1 is 0.947 bits per heavy atom. The predicted octanol–water partition coefficient (Wildman–Crippen LogP) is 1.75. The summed E-state index contributed by atoms with van der Waals surface area (Å²) in [5.41, 5.74) is 4.47. The van der Waals surface area contributed by atoms with Crippen molar-refractivity contribution in [3.8, 4) is 0 Å². The van der Waals surface area contributed by atoms with E-state index in [4.69, 9.17) is 0 Å². The van der Waals surface area contributed by atoms with E-state index in [1.807, 2.05) is 30.3 Å². The maximum atomic E-state index is 9.51. The molecule has 0 aromatic heterocycles. The number of nitrogens with one attached hydrogen (secondary N) is 1. The first kappa shape index (κ1) is 12.3. The SMILES string of the molecule is CC1(C)c2ccccc2Nc2c(B(O)O)cccc21. The fourth-order valence-corrected chi connectivity index (χ4v) is 2.86. The van der Waals surface area contributed by atoms with Gasteiger partial charge in [-0.1, -0.05) is 50.2 Å². The Hall–Kier alpha value is -1.78. The number of hydrogen-bond donors (Lipinski definition) is 3. The summed E-state index contributed by atoms with van der Waals surface area (Å²) in [5, 5.41) is 22.4. The molecule has 0 saturated heterocycles. The van der Waals surface area contributed by atoms with Gasteiger partial charge in [-0.3, -0.25) is 0 Å². The van der Waals surface area contributed by atoms with E-state index in [2.05, 4.69) is 25.2 Å². The summed E-state index contributed by atoms with van der Waals surface area (Å²) in [6.07, 6.45) is 0. The average molecular weight is 253 g/mol. The molecule has 1 aliphatic rings. The van der Waals surface area contributed by atoms with Gasteiger partial charge in [-0.2, -0.15) is 0 Å². The van der Waals surface area contributed by atoms with Gasteiger partial charge in [0.15, 0.2) is 0 Å². The maximum absolute atomic E-state index is 9.51. The van der Waals surface area contributed by atoms with Gasteiger partial charge in [0.05, 0.1) is 0 Å². The van der Waals surface area contributed by atoms with E-state index in [-0.39, 0.29) is 5.41 Å². The van der Waals surface area contributed by atoms with Crippen LogP contribution in [0.5, 0.6) is 0 Å². The van der Waals surface area contributed by atoms with Crippen LogP contribution < -0.4 is 10.8 Å². The van der Waals surface area contributed by atoms with Gasteiger partial charge in [-0.15, -0.1) is 0 Å². The van der Waals surface area contributed by atoms with E-state index in [1.54, 1.807) is 6.07 Å². The minimum absolute atomic E-state index is 0.165. The highest BCUT2D eigenvalue weighted by Crippen LogP contribution is 2.44. The van der Waals surface area contributed by atoms with E-state index in [1.165, 1.54) is 5.56 Å². The lowest BCUT2D eigenvalue weighted by molar-refractivity contribution is 0.426. The lowest BCUT2D eigenvalue weighted by Gasteiger charge is -2.36. The number of para-hydroxylation sites is 2. The molecule has 4 heteroatoms. The third kappa shape index (κ3) is 1.76. The van der Waals surface area contributed by atoms with Crippen LogP contribution in [0.15, 0.2) is 42.5 Å². The summed E-state index contributed by atoms with van der Waals surface area (Å²) in [4.78, 5) is 0. The maximum Gasteiger partial charge on any atom is 0.490 e. The van der Waals surface area contributed by atoms with Crippen LogP contribution >= 0.6 is 0 Å². The second kappa shape index (κ2) is 4.12. The second-order valence-electron chi connectivity index (χ2n) is 5.44. The van der Waals surface area contributed by atoms with Gasteiger partial charge in [0.1, 0.15) is 0 Å². The second-order valence-corrected chi connectivity index (χ2v) is 5.44. The normalized spacial score (nSPS) is 15.2. The highest BCUT2D eigenvalue weighted by Gasteiger charge is 2.34. The molecule has 0 aliphatic carbocycles. The lowest BCUT2D eigenvalue weighted by Crippen LogP contribution is -2.37. The molecular weight excluding hydrogens is 237 g/mol. The number of benzene rings is 2. The van der Waals surface area contributed by atoms with Crippen LogP contribution in [0.25, 0.3) is 0 Å². The van der Waals surface area contributed by atoms with Gasteiger partial charge in [-0.25, -0.2) is 0 Å². The molecule has 2 aromatic carbocycles. The topological polar surface area (TPSA) is 52.5 Å². The Bertz CT molecular complexity index is 638. The van der Waals surface area contributed by atoms with Crippen LogP contribution in [0.2, 0.25) is 0 Å². The molecule has 1 aliphatic heterocycles. The van der Waals surface area contributed by atoms with Crippen molar-refractivity contribution in [2.75, 3.05) is 5.32 Å². The van der Waals surface area contributed by atoms with Crippen LogP contribution in [0.1, 0.15) is 25.0 Å². The number of fused-ring (bicyclic) bond motifs is 2. The van der Waals surface area contributed by atoms with Crippen molar-refractivity contribution in [1.29, 1.82) is 0 Å². The number of rotatable bonds is 1. The first-order valence-electron chi connectivity index (χ1n) is 6.38. The Balaban J connectivity index is 2.27. The van der Waals surface area contributed by atoms with E-state index < -0.39 is 7.12 Å². The standard InChI is InChI=1S/C15H16BNO2/c1-15(2)10-6-3-4-9-13(10)17-14-11(15)7-5-8-12(14)16(18)19/h3-9,17-19H,1-2H3. The minimum atomic E-state index is -1.47. The lowest BCUT2D eigenvalue weighted by atomic mass is 9.69. The van der Waals surface area contributed by atoms with E-state index >= 15 is 0 Å². The molecule has 96 valence electrons. The highest BCUT2D eigenvalue weighted by atomic mass is 16.4. The quantitative estimate of drug-likeness (QED) is 0.678. The first-order chi connectivity index (χ1) is 9.01. The molecule has 0 saturated carbocycles. The van der Waals surface area contributed by atoms with Crippen LogP contribution in [-0.2, 0) is 5.41 Å². The van der Waals surface area contributed by atoms with Crippen molar-refractivity contribution in [2.24, 2.45) is 0 Å². The molecule has 0 fully saturated rings. The predicted molar refractivity (Wildman–Crippen MR) is 78.1 cm³/mol. The van der Waals surface area contributed by atoms with Crippen molar-refractivity contribution in [1.82, 2.24) is 0 Å². The molecule has 2 aromatic rings. The van der Waals surface area contributed by atoms with Crippen LogP contribution in [0, 0.1) is 0 Å². The van der Waals surface area contributed by atoms with E-state index in [0.717, 1.165) is 16.9 Å². The molecule has 0 amide bonds. The van der Waals surface area contributed by atoms with Crippen molar-refractivity contribution in [3.63, 3.8) is 0 Å². The summed E-state index contributed by atoms with van der Waals surface area (Å²) in [6.45, 7) is 4.30. The molecule has 0 unspecified atom stereocenters. The van der Waals surface area contributed by atoms with Crippen molar-refractivity contribution < 1.29 is 10.0 Å². The van der Waals surface area contributed by atoms with Gasteiger partial charge >= 0.3 is 7.12 Å². The Morgan fingerprint density at radius 3 is 2.37 bits per heavy atom. The van der Waals surface area contributed by atoms with Crippen molar-refractivity contribution >= 4 is 24.0 Å². The molecular formula is C15H16BNO2.